The summed E-state index contributed by atoms with van der Waals surface area (Å²) in [6.45, 7) is 9.79. The van der Waals surface area contributed by atoms with Crippen molar-refractivity contribution in [3.63, 3.8) is 0 Å². The molecule has 0 bridgehead atoms. The van der Waals surface area contributed by atoms with Crippen molar-refractivity contribution in [3.05, 3.63) is 23.4 Å². The molecule has 1 N–H and O–H groups in total. The minimum absolute atomic E-state index is 0.0881. The van der Waals surface area contributed by atoms with Gasteiger partial charge in [-0.05, 0) is 31.4 Å². The van der Waals surface area contributed by atoms with Crippen molar-refractivity contribution in [2.75, 3.05) is 25.5 Å². The Balaban J connectivity index is 3.10. The number of nitrogens with one attached hydrogen (secondary N) is 1. The van der Waals surface area contributed by atoms with Crippen LogP contribution in [0.25, 0.3) is 0 Å². The minimum atomic E-state index is 0.0881. The summed E-state index contributed by atoms with van der Waals surface area (Å²) in [5, 5.41) is 3.02. The zero-order chi connectivity index (χ0) is 14.4. The number of anilines is 1. The number of hydrogen-bond acceptors (Lipinski definition) is 3. The van der Waals surface area contributed by atoms with Crippen LogP contribution in [0.5, 0.6) is 0 Å². The fraction of sp³-hybridized carbons (Fsp3) is 0.600. The van der Waals surface area contributed by atoms with Gasteiger partial charge >= 0.3 is 0 Å². The van der Waals surface area contributed by atoms with E-state index < -0.39 is 0 Å². The Labute approximate surface area is 116 Å². The quantitative estimate of drug-likeness (QED) is 0.857. The number of hydrogen-bond donors (Lipinski definition) is 1. The van der Waals surface area contributed by atoms with Crippen LogP contribution in [-0.4, -0.2) is 35.9 Å². The summed E-state index contributed by atoms with van der Waals surface area (Å²) in [4.78, 5) is 18.8. The zero-order valence-electron chi connectivity index (χ0n) is 12.7. The smallest absolute Gasteiger partial charge is 0.254 e. The third-order valence-electron chi connectivity index (χ3n) is 3.10. The topological polar surface area (TPSA) is 45.2 Å². The Bertz CT molecular complexity index is 429. The highest BCUT2D eigenvalue weighted by atomic mass is 16.2. The monoisotopic (exact) mass is 263 g/mol. The number of amides is 1. The van der Waals surface area contributed by atoms with E-state index in [1.165, 1.54) is 0 Å². The van der Waals surface area contributed by atoms with Gasteiger partial charge in [-0.15, -0.1) is 0 Å². The molecule has 1 heterocycles. The lowest BCUT2D eigenvalue weighted by Crippen LogP contribution is -2.31. The average molecular weight is 263 g/mol. The van der Waals surface area contributed by atoms with Crippen LogP contribution in [0.15, 0.2) is 12.1 Å². The lowest BCUT2D eigenvalue weighted by atomic mass is 10.1. The predicted molar refractivity (Wildman–Crippen MR) is 79.7 cm³/mol. The lowest BCUT2D eigenvalue weighted by molar-refractivity contribution is 0.0764. The van der Waals surface area contributed by atoms with Crippen LogP contribution in [0, 0.1) is 0 Å². The van der Waals surface area contributed by atoms with Crippen LogP contribution in [0.3, 0.4) is 0 Å². The van der Waals surface area contributed by atoms with Gasteiger partial charge in [0.05, 0.1) is 0 Å². The van der Waals surface area contributed by atoms with Gasteiger partial charge in [-0.1, -0.05) is 20.8 Å². The largest absolute Gasteiger partial charge is 0.373 e. The van der Waals surface area contributed by atoms with Gasteiger partial charge in [0, 0.05) is 31.4 Å². The molecule has 0 spiro atoms. The molecule has 19 heavy (non-hydrogen) atoms. The molecule has 1 amide bonds. The normalized spacial score (nSPS) is 10.6. The van der Waals surface area contributed by atoms with Crippen molar-refractivity contribution < 1.29 is 4.79 Å². The first-order chi connectivity index (χ1) is 9.03. The molecule has 0 saturated carbocycles. The summed E-state index contributed by atoms with van der Waals surface area (Å²) in [5.41, 5.74) is 1.67. The lowest BCUT2D eigenvalue weighted by Gasteiger charge is -2.21. The van der Waals surface area contributed by atoms with Crippen molar-refractivity contribution >= 4 is 11.7 Å². The number of nitrogens with zero attached hydrogens (tertiary/aromatic N) is 2. The van der Waals surface area contributed by atoms with E-state index in [0.29, 0.717) is 5.92 Å². The highest BCUT2D eigenvalue weighted by molar-refractivity contribution is 5.95. The van der Waals surface area contributed by atoms with Gasteiger partial charge in [0.15, 0.2) is 0 Å². The molecule has 0 unspecified atom stereocenters. The maximum atomic E-state index is 12.5. The summed E-state index contributed by atoms with van der Waals surface area (Å²) in [7, 11) is 1.82. The van der Waals surface area contributed by atoms with Gasteiger partial charge in [-0.25, -0.2) is 4.98 Å². The molecule has 4 nitrogen and oxygen atoms in total. The van der Waals surface area contributed by atoms with Gasteiger partial charge in [-0.2, -0.15) is 0 Å². The molecule has 4 heteroatoms. The third kappa shape index (κ3) is 3.94. The van der Waals surface area contributed by atoms with Gasteiger partial charge in [0.1, 0.15) is 5.82 Å². The third-order valence-corrected chi connectivity index (χ3v) is 3.10. The summed E-state index contributed by atoms with van der Waals surface area (Å²) >= 11 is 0. The van der Waals surface area contributed by atoms with Crippen LogP contribution in [0.4, 0.5) is 5.82 Å². The van der Waals surface area contributed by atoms with Crippen molar-refractivity contribution in [2.45, 2.75) is 40.0 Å². The number of rotatable bonds is 6. The van der Waals surface area contributed by atoms with E-state index in [2.05, 4.69) is 31.1 Å². The highest BCUT2D eigenvalue weighted by Crippen LogP contribution is 2.18. The molecule has 0 saturated heterocycles. The molecule has 1 aromatic rings. The Morgan fingerprint density at radius 1 is 1.37 bits per heavy atom. The van der Waals surface area contributed by atoms with Gasteiger partial charge in [0.2, 0.25) is 0 Å². The van der Waals surface area contributed by atoms with Crippen LogP contribution in [-0.2, 0) is 0 Å². The Kier molecular flexibility index (Phi) is 5.80. The Hall–Kier alpha value is -1.58. The minimum Gasteiger partial charge on any atom is -0.373 e. The van der Waals surface area contributed by atoms with E-state index >= 15 is 0 Å². The number of aromatic nitrogens is 1. The van der Waals surface area contributed by atoms with E-state index in [9.17, 15) is 4.79 Å². The molecule has 0 atom stereocenters. The molecule has 0 fully saturated rings. The molecular weight excluding hydrogens is 238 g/mol. The standard InChI is InChI=1S/C15H25N3O/c1-6-8-18(7-2)15(19)12-9-13(11(3)4)17-14(10-12)16-5/h9-11H,6-8H2,1-5H3,(H,16,17). The van der Waals surface area contributed by atoms with E-state index in [-0.39, 0.29) is 5.91 Å². The van der Waals surface area contributed by atoms with E-state index in [1.54, 1.807) is 0 Å². The molecule has 0 aliphatic rings. The fourth-order valence-electron chi connectivity index (χ4n) is 1.95. The summed E-state index contributed by atoms with van der Waals surface area (Å²) in [6.07, 6.45) is 0.973. The summed E-state index contributed by atoms with van der Waals surface area (Å²) < 4.78 is 0. The number of carbonyl (C=O) groups is 1. The molecule has 0 radical (unpaired) electrons. The van der Waals surface area contributed by atoms with Crippen LogP contribution in [0.1, 0.15) is 56.1 Å². The van der Waals surface area contributed by atoms with E-state index in [0.717, 1.165) is 36.6 Å². The highest BCUT2D eigenvalue weighted by Gasteiger charge is 2.16. The maximum absolute atomic E-state index is 12.5. The van der Waals surface area contributed by atoms with Gasteiger partial charge < -0.3 is 10.2 Å². The second-order valence-corrected chi connectivity index (χ2v) is 4.96. The van der Waals surface area contributed by atoms with Crippen LogP contribution in [0.2, 0.25) is 0 Å². The SMILES string of the molecule is CCCN(CC)C(=O)c1cc(NC)nc(C(C)C)c1. The molecule has 0 aromatic carbocycles. The molecule has 0 aliphatic heterocycles. The second-order valence-electron chi connectivity index (χ2n) is 4.96. The number of carbonyl (C=O) groups excluding carboxylic acids is 1. The zero-order valence-corrected chi connectivity index (χ0v) is 12.7. The predicted octanol–water partition coefficient (Wildman–Crippen LogP) is 3.12. The van der Waals surface area contributed by atoms with E-state index in [4.69, 9.17) is 0 Å². The number of pyridine rings is 1. The van der Waals surface area contributed by atoms with Crippen molar-refractivity contribution in [1.29, 1.82) is 0 Å². The summed E-state index contributed by atoms with van der Waals surface area (Å²) in [6, 6.07) is 3.73. The first-order valence-corrected chi connectivity index (χ1v) is 7.02. The average Bonchev–Trinajstić information content (AvgIpc) is 2.43. The Morgan fingerprint density at radius 3 is 2.53 bits per heavy atom. The first-order valence-electron chi connectivity index (χ1n) is 7.02. The Morgan fingerprint density at radius 2 is 2.05 bits per heavy atom. The molecular formula is C15H25N3O. The van der Waals surface area contributed by atoms with Crippen LogP contribution < -0.4 is 5.32 Å². The molecule has 0 aliphatic carbocycles. The van der Waals surface area contributed by atoms with Crippen molar-refractivity contribution in [3.8, 4) is 0 Å². The van der Waals surface area contributed by atoms with Gasteiger partial charge in [0.25, 0.3) is 5.91 Å². The van der Waals surface area contributed by atoms with Gasteiger partial charge in [-0.3, -0.25) is 4.79 Å². The molecule has 1 aromatic heterocycles. The van der Waals surface area contributed by atoms with Crippen molar-refractivity contribution in [1.82, 2.24) is 9.88 Å². The maximum Gasteiger partial charge on any atom is 0.254 e. The van der Waals surface area contributed by atoms with Crippen molar-refractivity contribution in [2.24, 2.45) is 0 Å². The van der Waals surface area contributed by atoms with Crippen LogP contribution >= 0.6 is 0 Å². The molecule has 1 rings (SSSR count). The first kappa shape index (κ1) is 15.5. The second kappa shape index (κ2) is 7.12. The van der Waals surface area contributed by atoms with E-state index in [1.807, 2.05) is 31.0 Å². The summed E-state index contributed by atoms with van der Waals surface area (Å²) in [5.74, 6) is 1.15. The fourth-order valence-corrected chi connectivity index (χ4v) is 1.95. The molecule has 106 valence electrons.